The maximum absolute atomic E-state index is 11.0. The van der Waals surface area contributed by atoms with Gasteiger partial charge in [0.25, 0.3) is 0 Å². The average Bonchev–Trinajstić information content (AvgIpc) is 2.60. The first kappa shape index (κ1) is 11.1. The molecule has 0 saturated carbocycles. The molecule has 0 amide bonds. The van der Waals surface area contributed by atoms with Crippen LogP contribution in [0.2, 0.25) is 0 Å². The number of cyclic esters (lactones) is 1. The molecule has 2 rings (SSSR count). The summed E-state index contributed by atoms with van der Waals surface area (Å²) in [6.45, 7) is 2.95. The van der Waals surface area contributed by atoms with Crippen molar-refractivity contribution in [2.75, 3.05) is 6.61 Å². The molecule has 1 heterocycles. The molecule has 1 aromatic carbocycles. The lowest BCUT2D eigenvalue weighted by Crippen LogP contribution is -2.30. The Morgan fingerprint density at radius 1 is 1.38 bits per heavy atom. The summed E-state index contributed by atoms with van der Waals surface area (Å²) < 4.78 is 10.8. The molecule has 1 aromatic rings. The number of carbonyl (C=O) groups is 1. The summed E-state index contributed by atoms with van der Waals surface area (Å²) in [6, 6.07) is 9.97. The minimum atomic E-state index is -0.425. The van der Waals surface area contributed by atoms with Gasteiger partial charge in [-0.05, 0) is 18.9 Å². The highest BCUT2D eigenvalue weighted by atomic mass is 16.6. The van der Waals surface area contributed by atoms with Gasteiger partial charge < -0.3 is 9.47 Å². The molecule has 0 aromatic heterocycles. The summed E-state index contributed by atoms with van der Waals surface area (Å²) in [5.74, 6) is -0.120. The number of hydrogen-bond donors (Lipinski definition) is 0. The van der Waals surface area contributed by atoms with Gasteiger partial charge in [0.1, 0.15) is 5.60 Å². The van der Waals surface area contributed by atoms with Gasteiger partial charge in [-0.3, -0.25) is 4.79 Å². The van der Waals surface area contributed by atoms with Crippen LogP contribution in [-0.4, -0.2) is 18.2 Å². The monoisotopic (exact) mass is 220 g/mol. The van der Waals surface area contributed by atoms with Crippen molar-refractivity contribution in [2.24, 2.45) is 0 Å². The molecule has 86 valence electrons. The predicted octanol–water partition coefficient (Wildman–Crippen LogP) is 2.30. The van der Waals surface area contributed by atoms with Gasteiger partial charge in [-0.1, -0.05) is 30.3 Å². The smallest absolute Gasteiger partial charge is 0.306 e. The zero-order valence-electron chi connectivity index (χ0n) is 9.44. The van der Waals surface area contributed by atoms with Crippen LogP contribution in [0.4, 0.5) is 0 Å². The van der Waals surface area contributed by atoms with Crippen molar-refractivity contribution < 1.29 is 14.3 Å². The van der Waals surface area contributed by atoms with Crippen molar-refractivity contribution in [1.82, 2.24) is 0 Å². The Bertz CT molecular complexity index is 361. The summed E-state index contributed by atoms with van der Waals surface area (Å²) in [5.41, 5.74) is 0.710. The normalized spacial score (nSPS) is 24.4. The van der Waals surface area contributed by atoms with Crippen molar-refractivity contribution in [3.8, 4) is 0 Å². The first-order chi connectivity index (χ1) is 7.68. The van der Waals surface area contributed by atoms with E-state index >= 15 is 0 Å². The van der Waals surface area contributed by atoms with Crippen molar-refractivity contribution >= 4 is 5.97 Å². The molecule has 0 N–H and O–H groups in total. The van der Waals surface area contributed by atoms with Gasteiger partial charge in [-0.15, -0.1) is 0 Å². The number of benzene rings is 1. The Balaban J connectivity index is 1.78. The lowest BCUT2D eigenvalue weighted by molar-refractivity contribution is -0.151. The Morgan fingerprint density at radius 2 is 2.12 bits per heavy atom. The van der Waals surface area contributed by atoms with E-state index in [2.05, 4.69) is 0 Å². The third-order valence-corrected chi connectivity index (χ3v) is 2.74. The molecule has 1 aliphatic rings. The fourth-order valence-corrected chi connectivity index (χ4v) is 1.80. The van der Waals surface area contributed by atoms with Crippen LogP contribution in [0.15, 0.2) is 30.3 Å². The molecule has 0 spiro atoms. The highest BCUT2D eigenvalue weighted by Gasteiger charge is 2.35. The van der Waals surface area contributed by atoms with E-state index in [1.54, 1.807) is 0 Å². The maximum Gasteiger partial charge on any atom is 0.306 e. The molecule has 1 aliphatic heterocycles. The van der Waals surface area contributed by atoms with Crippen molar-refractivity contribution in [1.29, 1.82) is 0 Å². The van der Waals surface area contributed by atoms with Crippen LogP contribution >= 0.6 is 0 Å². The standard InChI is InChI=1S/C13H16O3/c1-13(8-7-12(14)16-13)10-15-9-11-5-3-2-4-6-11/h2-6H,7-10H2,1H3. The summed E-state index contributed by atoms with van der Waals surface area (Å²) in [5, 5.41) is 0. The van der Waals surface area contributed by atoms with Gasteiger partial charge >= 0.3 is 5.97 Å². The number of esters is 1. The number of carbonyl (C=O) groups excluding carboxylic acids is 1. The second-order valence-corrected chi connectivity index (χ2v) is 4.40. The van der Waals surface area contributed by atoms with Gasteiger partial charge in [0.2, 0.25) is 0 Å². The summed E-state index contributed by atoms with van der Waals surface area (Å²) >= 11 is 0. The highest BCUT2D eigenvalue weighted by Crippen LogP contribution is 2.26. The molecule has 1 atom stereocenters. The summed E-state index contributed by atoms with van der Waals surface area (Å²) in [7, 11) is 0. The van der Waals surface area contributed by atoms with Gasteiger partial charge in [0.15, 0.2) is 0 Å². The van der Waals surface area contributed by atoms with Crippen LogP contribution in [0.1, 0.15) is 25.3 Å². The molecule has 1 unspecified atom stereocenters. The van der Waals surface area contributed by atoms with E-state index in [0.29, 0.717) is 19.6 Å². The van der Waals surface area contributed by atoms with E-state index in [9.17, 15) is 4.79 Å². The van der Waals surface area contributed by atoms with Crippen LogP contribution < -0.4 is 0 Å². The first-order valence-corrected chi connectivity index (χ1v) is 5.51. The van der Waals surface area contributed by atoms with Crippen LogP contribution in [0.5, 0.6) is 0 Å². The molecule has 1 fully saturated rings. The first-order valence-electron chi connectivity index (χ1n) is 5.51. The molecule has 0 aliphatic carbocycles. The van der Waals surface area contributed by atoms with E-state index in [-0.39, 0.29) is 5.97 Å². The van der Waals surface area contributed by atoms with E-state index < -0.39 is 5.60 Å². The van der Waals surface area contributed by atoms with Gasteiger partial charge in [0, 0.05) is 6.42 Å². The lowest BCUT2D eigenvalue weighted by Gasteiger charge is -2.22. The quantitative estimate of drug-likeness (QED) is 0.730. The molecular formula is C13H16O3. The number of rotatable bonds is 4. The van der Waals surface area contributed by atoms with Gasteiger partial charge in [-0.2, -0.15) is 0 Å². The highest BCUT2D eigenvalue weighted by molar-refractivity contribution is 5.72. The zero-order valence-corrected chi connectivity index (χ0v) is 9.44. The van der Waals surface area contributed by atoms with E-state index in [1.165, 1.54) is 0 Å². The van der Waals surface area contributed by atoms with Crippen LogP contribution in [0, 0.1) is 0 Å². The predicted molar refractivity (Wildman–Crippen MR) is 59.8 cm³/mol. The fraction of sp³-hybridized carbons (Fsp3) is 0.462. The second kappa shape index (κ2) is 4.66. The molecule has 0 bridgehead atoms. The fourth-order valence-electron chi connectivity index (χ4n) is 1.80. The number of hydrogen-bond acceptors (Lipinski definition) is 3. The average molecular weight is 220 g/mol. The largest absolute Gasteiger partial charge is 0.457 e. The van der Waals surface area contributed by atoms with E-state index in [0.717, 1.165) is 12.0 Å². The molecular weight excluding hydrogens is 204 g/mol. The van der Waals surface area contributed by atoms with Crippen LogP contribution in [0.3, 0.4) is 0 Å². The minimum Gasteiger partial charge on any atom is -0.457 e. The molecule has 0 radical (unpaired) electrons. The van der Waals surface area contributed by atoms with Crippen LogP contribution in [-0.2, 0) is 20.9 Å². The summed E-state index contributed by atoms with van der Waals surface area (Å²) in [6.07, 6.45) is 1.26. The van der Waals surface area contributed by atoms with Crippen molar-refractivity contribution in [3.63, 3.8) is 0 Å². The van der Waals surface area contributed by atoms with Gasteiger partial charge in [-0.25, -0.2) is 0 Å². The van der Waals surface area contributed by atoms with Crippen molar-refractivity contribution in [2.45, 2.75) is 32.0 Å². The Hall–Kier alpha value is -1.35. The maximum atomic E-state index is 11.0. The molecule has 3 heteroatoms. The number of ether oxygens (including phenoxy) is 2. The van der Waals surface area contributed by atoms with Crippen LogP contribution in [0.25, 0.3) is 0 Å². The molecule has 3 nitrogen and oxygen atoms in total. The third-order valence-electron chi connectivity index (χ3n) is 2.74. The zero-order chi connectivity index (χ0) is 11.4. The third kappa shape index (κ3) is 2.83. The van der Waals surface area contributed by atoms with E-state index in [1.807, 2.05) is 37.3 Å². The van der Waals surface area contributed by atoms with E-state index in [4.69, 9.17) is 9.47 Å². The Labute approximate surface area is 95.4 Å². The Kier molecular flexibility index (Phi) is 3.25. The molecule has 16 heavy (non-hydrogen) atoms. The van der Waals surface area contributed by atoms with Crippen molar-refractivity contribution in [3.05, 3.63) is 35.9 Å². The van der Waals surface area contributed by atoms with Gasteiger partial charge in [0.05, 0.1) is 13.2 Å². The topological polar surface area (TPSA) is 35.5 Å². The second-order valence-electron chi connectivity index (χ2n) is 4.40. The lowest BCUT2D eigenvalue weighted by atomic mass is 10.0. The Morgan fingerprint density at radius 3 is 2.75 bits per heavy atom. The minimum absolute atomic E-state index is 0.120. The molecule has 1 saturated heterocycles. The summed E-state index contributed by atoms with van der Waals surface area (Å²) in [4.78, 5) is 11.0. The SMILES string of the molecule is CC1(COCc2ccccc2)CCC(=O)O1.